The first-order chi connectivity index (χ1) is 12.7. The first-order valence-corrected chi connectivity index (χ1v) is 9.02. The number of aromatic nitrogens is 2. The summed E-state index contributed by atoms with van der Waals surface area (Å²) in [6, 6.07) is 6.21. The molecule has 0 saturated carbocycles. The van der Waals surface area contributed by atoms with Crippen LogP contribution in [-0.4, -0.2) is 51.7 Å². The summed E-state index contributed by atoms with van der Waals surface area (Å²) in [5.74, 6) is -0.789. The molecule has 2 heterocycles. The van der Waals surface area contributed by atoms with Gasteiger partial charge in [0.15, 0.2) is 5.69 Å². The minimum absolute atomic E-state index is 0.116. The molecule has 27 heavy (non-hydrogen) atoms. The van der Waals surface area contributed by atoms with Crippen LogP contribution in [0.25, 0.3) is 0 Å². The van der Waals surface area contributed by atoms with Crippen LogP contribution in [0.2, 0.25) is 0 Å². The highest BCUT2D eigenvalue weighted by molar-refractivity contribution is 9.10. The Morgan fingerprint density at radius 3 is 2.26 bits per heavy atom. The Morgan fingerprint density at radius 1 is 1.15 bits per heavy atom. The van der Waals surface area contributed by atoms with Gasteiger partial charge >= 0.3 is 6.18 Å². The average Bonchev–Trinajstić information content (AvgIpc) is 2.92. The summed E-state index contributed by atoms with van der Waals surface area (Å²) in [6.07, 6.45) is -4.64. The molecule has 1 aliphatic heterocycles. The maximum atomic E-state index is 13.0. The third-order valence-electron chi connectivity index (χ3n) is 4.44. The van der Waals surface area contributed by atoms with E-state index in [9.17, 15) is 22.4 Å². The van der Waals surface area contributed by atoms with Crippen molar-refractivity contribution in [2.45, 2.75) is 12.7 Å². The van der Waals surface area contributed by atoms with Crippen LogP contribution in [0.3, 0.4) is 0 Å². The molecule has 0 atom stereocenters. The van der Waals surface area contributed by atoms with Gasteiger partial charge in [-0.15, -0.1) is 0 Å². The van der Waals surface area contributed by atoms with Crippen molar-refractivity contribution in [2.24, 2.45) is 7.05 Å². The predicted molar refractivity (Wildman–Crippen MR) is 93.5 cm³/mol. The summed E-state index contributed by atoms with van der Waals surface area (Å²) >= 11 is 2.88. The topological polar surface area (TPSA) is 41.4 Å². The van der Waals surface area contributed by atoms with Crippen LogP contribution in [0.1, 0.15) is 21.7 Å². The molecule has 0 bridgehead atoms. The van der Waals surface area contributed by atoms with Crippen LogP contribution >= 0.6 is 15.9 Å². The lowest BCUT2D eigenvalue weighted by molar-refractivity contribution is -0.142. The highest BCUT2D eigenvalue weighted by atomic mass is 79.9. The van der Waals surface area contributed by atoms with E-state index in [1.165, 1.54) is 24.1 Å². The number of aryl methyl sites for hydroxylation is 1. The van der Waals surface area contributed by atoms with Crippen molar-refractivity contribution < 1.29 is 22.4 Å². The smallest absolute Gasteiger partial charge is 0.335 e. The first kappa shape index (κ1) is 19.8. The normalized spacial score (nSPS) is 16.0. The van der Waals surface area contributed by atoms with Crippen molar-refractivity contribution in [2.75, 3.05) is 26.2 Å². The molecule has 1 fully saturated rings. The maximum absolute atomic E-state index is 13.0. The first-order valence-electron chi connectivity index (χ1n) is 8.22. The fourth-order valence-electron chi connectivity index (χ4n) is 3.02. The number of hydrogen-bond acceptors (Lipinski definition) is 3. The van der Waals surface area contributed by atoms with Crippen molar-refractivity contribution in [3.8, 4) is 0 Å². The Balaban J connectivity index is 1.65. The summed E-state index contributed by atoms with van der Waals surface area (Å²) in [5, 5.41) is 3.43. The number of carbonyl (C=O) groups is 1. The van der Waals surface area contributed by atoms with Crippen molar-refractivity contribution in [3.63, 3.8) is 0 Å². The fourth-order valence-corrected chi connectivity index (χ4v) is 3.75. The quantitative estimate of drug-likeness (QED) is 0.676. The van der Waals surface area contributed by atoms with E-state index in [2.05, 4.69) is 25.9 Å². The van der Waals surface area contributed by atoms with Gasteiger partial charge in [0.25, 0.3) is 5.91 Å². The number of amides is 1. The largest absolute Gasteiger partial charge is 0.436 e. The number of nitrogens with zero attached hydrogens (tertiary/aromatic N) is 4. The molecule has 2 aromatic rings. The SMILES string of the molecule is Cn1nc(C(F)(F)F)c(Br)c1C(=O)N1CCN(Cc2ccc(F)cc2)CC1. The molecular formula is C17H17BrF4N4O. The molecule has 1 aromatic carbocycles. The zero-order valence-corrected chi connectivity index (χ0v) is 16.0. The number of alkyl halides is 3. The van der Waals surface area contributed by atoms with Crippen molar-refractivity contribution in [1.82, 2.24) is 19.6 Å². The van der Waals surface area contributed by atoms with Crippen molar-refractivity contribution >= 4 is 21.8 Å². The van der Waals surface area contributed by atoms with Gasteiger partial charge in [0, 0.05) is 39.8 Å². The molecule has 0 radical (unpaired) electrons. The molecule has 0 unspecified atom stereocenters. The van der Waals surface area contributed by atoms with Crippen molar-refractivity contribution in [1.29, 1.82) is 0 Å². The van der Waals surface area contributed by atoms with E-state index in [1.807, 2.05) is 0 Å². The van der Waals surface area contributed by atoms with Crippen LogP contribution in [0.15, 0.2) is 28.7 Å². The number of halogens is 5. The Labute approximate surface area is 161 Å². The van der Waals surface area contributed by atoms with Crippen LogP contribution in [0.4, 0.5) is 17.6 Å². The lowest BCUT2D eigenvalue weighted by atomic mass is 10.2. The van der Waals surface area contributed by atoms with E-state index < -0.39 is 17.8 Å². The van der Waals surface area contributed by atoms with E-state index in [0.29, 0.717) is 32.7 Å². The minimum Gasteiger partial charge on any atom is -0.335 e. The standard InChI is InChI=1S/C17H17BrF4N4O/c1-24-14(13(18)15(23-24)17(20,21)22)16(27)26-8-6-25(7-9-26)10-11-2-4-12(19)5-3-11/h2-5H,6-10H2,1H3. The van der Waals surface area contributed by atoms with Crippen LogP contribution in [0, 0.1) is 5.82 Å². The molecule has 0 N–H and O–H groups in total. The van der Waals surface area contributed by atoms with Crippen LogP contribution < -0.4 is 0 Å². The zero-order chi connectivity index (χ0) is 19.8. The summed E-state index contributed by atoms with van der Waals surface area (Å²) in [5.41, 5.74) is -0.266. The summed E-state index contributed by atoms with van der Waals surface area (Å²) in [7, 11) is 1.32. The van der Waals surface area contributed by atoms with E-state index >= 15 is 0 Å². The van der Waals surface area contributed by atoms with Gasteiger partial charge in [-0.25, -0.2) is 4.39 Å². The molecule has 1 aliphatic rings. The molecule has 3 rings (SSSR count). The molecular weight excluding hydrogens is 432 g/mol. The van der Waals surface area contributed by atoms with Gasteiger partial charge in [0.1, 0.15) is 11.5 Å². The Morgan fingerprint density at radius 2 is 1.74 bits per heavy atom. The summed E-state index contributed by atoms with van der Waals surface area (Å²) in [6.45, 7) is 2.55. The summed E-state index contributed by atoms with van der Waals surface area (Å²) in [4.78, 5) is 16.3. The van der Waals surface area contributed by atoms with Gasteiger partial charge in [-0.3, -0.25) is 14.4 Å². The molecule has 1 saturated heterocycles. The number of hydrogen-bond donors (Lipinski definition) is 0. The Kier molecular flexibility index (Phi) is 5.57. The molecule has 0 spiro atoms. The highest BCUT2D eigenvalue weighted by Crippen LogP contribution is 2.36. The monoisotopic (exact) mass is 448 g/mol. The Bertz CT molecular complexity index is 827. The molecule has 1 amide bonds. The third kappa shape index (κ3) is 4.32. The van der Waals surface area contributed by atoms with Crippen LogP contribution in [-0.2, 0) is 19.8 Å². The lowest BCUT2D eigenvalue weighted by Gasteiger charge is -2.34. The molecule has 146 valence electrons. The number of benzene rings is 1. The molecule has 5 nitrogen and oxygen atoms in total. The minimum atomic E-state index is -4.64. The average molecular weight is 449 g/mol. The van der Waals surface area contributed by atoms with Gasteiger partial charge in [-0.2, -0.15) is 18.3 Å². The van der Waals surface area contributed by atoms with Crippen LogP contribution in [0.5, 0.6) is 0 Å². The van der Waals surface area contributed by atoms with Crippen molar-refractivity contribution in [3.05, 3.63) is 51.5 Å². The van der Waals surface area contributed by atoms with Gasteiger partial charge in [-0.1, -0.05) is 12.1 Å². The van der Waals surface area contributed by atoms with Gasteiger partial charge in [-0.05, 0) is 33.6 Å². The maximum Gasteiger partial charge on any atom is 0.436 e. The third-order valence-corrected chi connectivity index (χ3v) is 5.19. The number of piperazine rings is 1. The molecule has 10 heteroatoms. The van der Waals surface area contributed by atoms with Gasteiger partial charge < -0.3 is 4.90 Å². The van der Waals surface area contributed by atoms with Gasteiger partial charge in [0.05, 0.1) is 4.47 Å². The fraction of sp³-hybridized carbons (Fsp3) is 0.412. The second kappa shape index (κ2) is 7.59. The van der Waals surface area contributed by atoms with Gasteiger partial charge in [0.2, 0.25) is 0 Å². The Hall–Kier alpha value is -1.94. The lowest BCUT2D eigenvalue weighted by Crippen LogP contribution is -2.48. The second-order valence-corrected chi connectivity index (χ2v) is 7.12. The highest BCUT2D eigenvalue weighted by Gasteiger charge is 2.40. The molecule has 0 aliphatic carbocycles. The number of carbonyl (C=O) groups excluding carboxylic acids is 1. The number of rotatable bonds is 3. The molecule has 1 aromatic heterocycles. The van der Waals surface area contributed by atoms with E-state index in [-0.39, 0.29) is 16.0 Å². The zero-order valence-electron chi connectivity index (χ0n) is 14.4. The predicted octanol–water partition coefficient (Wildman–Crippen LogP) is 3.30. The van der Waals surface area contributed by atoms with E-state index in [1.54, 1.807) is 12.1 Å². The van der Waals surface area contributed by atoms with E-state index in [0.717, 1.165) is 10.2 Å². The van der Waals surface area contributed by atoms with E-state index in [4.69, 9.17) is 0 Å². The second-order valence-electron chi connectivity index (χ2n) is 6.33. The summed E-state index contributed by atoms with van der Waals surface area (Å²) < 4.78 is 52.5.